The van der Waals surface area contributed by atoms with Gasteiger partial charge in [0, 0.05) is 17.1 Å². The summed E-state index contributed by atoms with van der Waals surface area (Å²) in [4.78, 5) is 2.16. The Morgan fingerprint density at radius 2 is 1.71 bits per heavy atom. The van der Waals surface area contributed by atoms with Crippen molar-refractivity contribution in [1.29, 1.82) is 5.26 Å². The molecule has 17 heavy (non-hydrogen) atoms. The molecule has 0 N–H and O–H groups in total. The standard InChI is InChI=1S/C8H12N.C6H4N.Fe/c1-9(2)7-8-5-3-4-6-8;7-5-6-3-1-2-4-6;/h3-6H,7H2,1-2H3;1-4H;/q-1;-5;. The van der Waals surface area contributed by atoms with E-state index < -0.39 is 0 Å². The van der Waals surface area contributed by atoms with Gasteiger partial charge in [-0.05, 0) is 20.6 Å². The third-order valence-corrected chi connectivity index (χ3v) is 2.02. The normalized spacial score (nSPS) is 8.82. The molecule has 0 unspecified atom stereocenters. The largest absolute Gasteiger partial charge is 0.714 e. The van der Waals surface area contributed by atoms with E-state index in [2.05, 4.69) is 43.3 Å². The second kappa shape index (κ2) is 8.78. The summed E-state index contributed by atoms with van der Waals surface area (Å²) >= 11 is 0. The average molecular weight is 268 g/mol. The molecule has 0 bridgehead atoms. The van der Waals surface area contributed by atoms with Gasteiger partial charge in [0.2, 0.25) is 0 Å². The maximum absolute atomic E-state index is 8.18. The third kappa shape index (κ3) is 6.76. The Morgan fingerprint density at radius 1 is 1.18 bits per heavy atom. The van der Waals surface area contributed by atoms with Gasteiger partial charge < -0.3 is 46.1 Å². The molecule has 0 heterocycles. The monoisotopic (exact) mass is 268 g/mol. The van der Waals surface area contributed by atoms with Crippen LogP contribution in [-0.2, 0) is 23.6 Å². The molecule has 96 valence electrons. The summed E-state index contributed by atoms with van der Waals surface area (Å²) in [7, 11) is 4.15. The van der Waals surface area contributed by atoms with Crippen LogP contribution in [0.4, 0.5) is 0 Å². The maximum atomic E-state index is 8.18. The number of rotatable bonds is 2. The fourth-order valence-electron chi connectivity index (χ4n) is 1.33. The van der Waals surface area contributed by atoms with Crippen LogP contribution in [0.1, 0.15) is 11.1 Å². The van der Waals surface area contributed by atoms with Crippen LogP contribution in [0.15, 0.2) is 48.5 Å². The molecule has 2 aromatic rings. The van der Waals surface area contributed by atoms with Crippen molar-refractivity contribution in [2.75, 3.05) is 14.1 Å². The summed E-state index contributed by atoms with van der Waals surface area (Å²) in [6.07, 6.45) is 0. The van der Waals surface area contributed by atoms with Gasteiger partial charge in [0.1, 0.15) is 0 Å². The van der Waals surface area contributed by atoms with Gasteiger partial charge >= 0.3 is 0 Å². The first-order chi connectivity index (χ1) is 7.72. The van der Waals surface area contributed by atoms with Gasteiger partial charge in [-0.3, -0.25) is 0 Å². The molecule has 2 aromatic carbocycles. The fourth-order valence-corrected chi connectivity index (χ4v) is 1.33. The van der Waals surface area contributed by atoms with Crippen LogP contribution in [0.3, 0.4) is 0 Å². The number of nitrogens with zero attached hydrogens (tertiary/aromatic N) is 2. The van der Waals surface area contributed by atoms with Crippen molar-refractivity contribution in [3.8, 4) is 6.07 Å². The molecule has 0 atom stereocenters. The predicted molar refractivity (Wildman–Crippen MR) is 66.2 cm³/mol. The molecule has 0 saturated heterocycles. The minimum Gasteiger partial charge on any atom is -0.714 e. The molecule has 0 aromatic heterocycles. The van der Waals surface area contributed by atoms with Crippen molar-refractivity contribution in [2.45, 2.75) is 6.54 Å². The van der Waals surface area contributed by atoms with E-state index in [1.165, 1.54) is 5.56 Å². The molecule has 0 aliphatic heterocycles. The summed E-state index contributed by atoms with van der Waals surface area (Å²) in [6, 6.07) is 17.7. The van der Waals surface area contributed by atoms with Crippen molar-refractivity contribution < 1.29 is 17.1 Å². The van der Waals surface area contributed by atoms with Gasteiger partial charge in [-0.15, -0.1) is 5.56 Å². The second-order valence-electron chi connectivity index (χ2n) is 3.82. The van der Waals surface area contributed by atoms with Crippen molar-refractivity contribution in [3.05, 3.63) is 59.7 Å². The van der Waals surface area contributed by atoms with Crippen molar-refractivity contribution in [3.63, 3.8) is 0 Å². The summed E-state index contributed by atoms with van der Waals surface area (Å²) < 4.78 is 0. The summed E-state index contributed by atoms with van der Waals surface area (Å²) in [5.41, 5.74) is 2.13. The van der Waals surface area contributed by atoms with Gasteiger partial charge in [-0.2, -0.15) is 12.1 Å². The number of nitriles is 1. The molecule has 0 spiro atoms. The molecule has 3 heteroatoms. The average Bonchev–Trinajstić information content (AvgIpc) is 2.88. The first-order valence-corrected chi connectivity index (χ1v) is 5.19. The zero-order chi connectivity index (χ0) is 11.8. The van der Waals surface area contributed by atoms with Gasteiger partial charge in [-0.25, -0.2) is 12.1 Å². The molecule has 2 rings (SSSR count). The molecular formula is C14H16FeN2-6. The van der Waals surface area contributed by atoms with Crippen LogP contribution < -0.4 is 0 Å². The van der Waals surface area contributed by atoms with Crippen molar-refractivity contribution in [1.82, 2.24) is 4.90 Å². The first kappa shape index (κ1) is 15.7. The maximum Gasteiger partial charge on any atom is 0 e. The first-order valence-electron chi connectivity index (χ1n) is 5.19. The van der Waals surface area contributed by atoms with E-state index in [1.54, 1.807) is 12.1 Å². The van der Waals surface area contributed by atoms with Gasteiger partial charge in [0.05, 0.1) is 0 Å². The van der Waals surface area contributed by atoms with Gasteiger partial charge in [0.25, 0.3) is 0 Å². The Bertz CT molecular complexity index is 408. The van der Waals surface area contributed by atoms with Crippen molar-refractivity contribution >= 4 is 0 Å². The zero-order valence-electron chi connectivity index (χ0n) is 10.1. The number of hydrogen-bond acceptors (Lipinski definition) is 2. The Balaban J connectivity index is 0.000000292. The van der Waals surface area contributed by atoms with Gasteiger partial charge in [0.15, 0.2) is 0 Å². The van der Waals surface area contributed by atoms with E-state index in [1.807, 2.05) is 18.2 Å². The van der Waals surface area contributed by atoms with Crippen molar-refractivity contribution in [2.24, 2.45) is 0 Å². The number of hydrogen-bond donors (Lipinski definition) is 0. The van der Waals surface area contributed by atoms with E-state index in [0.717, 1.165) is 12.1 Å². The molecule has 0 aliphatic rings. The molecular weight excluding hydrogens is 252 g/mol. The van der Waals surface area contributed by atoms with Crippen LogP contribution in [0.25, 0.3) is 0 Å². The van der Waals surface area contributed by atoms with Crippen LogP contribution in [0, 0.1) is 11.3 Å². The Kier molecular flexibility index (Phi) is 8.09. The molecule has 0 radical (unpaired) electrons. The Morgan fingerprint density at radius 3 is 2.06 bits per heavy atom. The van der Waals surface area contributed by atoms with E-state index in [9.17, 15) is 0 Å². The minimum atomic E-state index is 0. The van der Waals surface area contributed by atoms with E-state index in [0.29, 0.717) is 0 Å². The topological polar surface area (TPSA) is 27.0 Å². The molecule has 0 fully saturated rings. The van der Waals surface area contributed by atoms with Crippen LogP contribution >= 0.6 is 0 Å². The summed E-state index contributed by atoms with van der Waals surface area (Å²) in [5, 5.41) is 8.18. The van der Waals surface area contributed by atoms with E-state index >= 15 is 0 Å². The summed E-state index contributed by atoms with van der Waals surface area (Å²) in [5.74, 6) is 0. The van der Waals surface area contributed by atoms with Crippen LogP contribution in [0.5, 0.6) is 0 Å². The van der Waals surface area contributed by atoms with Gasteiger partial charge in [-0.1, -0.05) is 0 Å². The Hall–Kier alpha value is -1.33. The smallest absolute Gasteiger partial charge is 0 e. The molecule has 0 saturated carbocycles. The molecule has 2 nitrogen and oxygen atoms in total. The third-order valence-electron chi connectivity index (χ3n) is 2.02. The molecule has 0 aliphatic carbocycles. The quantitative estimate of drug-likeness (QED) is 0.618. The summed E-state index contributed by atoms with van der Waals surface area (Å²) in [6.45, 7) is 1.05. The second-order valence-corrected chi connectivity index (χ2v) is 3.82. The van der Waals surface area contributed by atoms with Crippen LogP contribution in [0.2, 0.25) is 0 Å². The molecule has 0 amide bonds. The SMILES string of the molecule is CN(C)C[c-]1cccc1.N#C[c-]1[cH-][cH-][cH-][cH-]1.[Fe]. The fraction of sp³-hybridized carbons (Fsp3) is 0.214. The minimum absolute atomic E-state index is 0. The van der Waals surface area contributed by atoms with Crippen LogP contribution in [-0.4, -0.2) is 19.0 Å². The Labute approximate surface area is 114 Å². The van der Waals surface area contributed by atoms with E-state index in [-0.39, 0.29) is 17.1 Å². The predicted octanol–water partition coefficient (Wildman–Crippen LogP) is 2.74. The zero-order valence-corrected chi connectivity index (χ0v) is 11.2. The van der Waals surface area contributed by atoms with E-state index in [4.69, 9.17) is 5.26 Å².